The number of aromatic nitrogens is 1. The molecule has 0 fully saturated rings. The summed E-state index contributed by atoms with van der Waals surface area (Å²) in [7, 11) is 0. The van der Waals surface area contributed by atoms with E-state index >= 15 is 0 Å². The zero-order chi connectivity index (χ0) is 21.3. The predicted octanol–water partition coefficient (Wildman–Crippen LogP) is 4.41. The van der Waals surface area contributed by atoms with Gasteiger partial charge in [-0.05, 0) is 36.8 Å². The molecule has 3 rings (SSSR count). The summed E-state index contributed by atoms with van der Waals surface area (Å²) < 4.78 is 21.8. The SMILES string of the molecule is C=CCN(Cc1cccn1Cc1ccccc1F)CC(O)COc1ccccc1C. The predicted molar refractivity (Wildman–Crippen MR) is 118 cm³/mol. The highest BCUT2D eigenvalue weighted by Gasteiger charge is 2.15. The van der Waals surface area contributed by atoms with E-state index in [2.05, 4.69) is 11.5 Å². The molecule has 0 saturated carbocycles. The molecule has 3 aromatic rings. The number of ether oxygens (including phenoxy) is 1. The van der Waals surface area contributed by atoms with Gasteiger partial charge in [-0.15, -0.1) is 6.58 Å². The second-order valence-electron chi connectivity index (χ2n) is 7.43. The molecule has 0 aliphatic heterocycles. The molecule has 0 saturated heterocycles. The lowest BCUT2D eigenvalue weighted by atomic mass is 10.2. The summed E-state index contributed by atoms with van der Waals surface area (Å²) in [6.45, 7) is 8.20. The third-order valence-electron chi connectivity index (χ3n) is 4.99. The molecule has 0 spiro atoms. The summed E-state index contributed by atoms with van der Waals surface area (Å²) in [5.74, 6) is 0.578. The van der Waals surface area contributed by atoms with Crippen LogP contribution < -0.4 is 4.74 Å². The molecular formula is C25H29FN2O2. The molecule has 158 valence electrons. The van der Waals surface area contributed by atoms with Gasteiger partial charge in [0.2, 0.25) is 0 Å². The van der Waals surface area contributed by atoms with Crippen molar-refractivity contribution >= 4 is 0 Å². The van der Waals surface area contributed by atoms with Gasteiger partial charge in [0.25, 0.3) is 0 Å². The highest BCUT2D eigenvalue weighted by molar-refractivity contribution is 5.31. The Hall–Kier alpha value is -2.89. The van der Waals surface area contributed by atoms with Crippen molar-refractivity contribution in [2.75, 3.05) is 19.7 Å². The van der Waals surface area contributed by atoms with Crippen molar-refractivity contribution in [3.8, 4) is 5.75 Å². The number of rotatable bonds is 11. The number of aliphatic hydroxyl groups excluding tert-OH is 1. The van der Waals surface area contributed by atoms with Gasteiger partial charge in [0.05, 0.1) is 6.54 Å². The van der Waals surface area contributed by atoms with Gasteiger partial charge in [-0.3, -0.25) is 4.90 Å². The molecule has 5 heteroatoms. The zero-order valence-electron chi connectivity index (χ0n) is 17.4. The number of hydrogen-bond acceptors (Lipinski definition) is 3. The Labute approximate surface area is 177 Å². The fourth-order valence-corrected chi connectivity index (χ4v) is 3.43. The van der Waals surface area contributed by atoms with Crippen molar-refractivity contribution in [1.82, 2.24) is 9.47 Å². The van der Waals surface area contributed by atoms with Crippen molar-refractivity contribution in [1.29, 1.82) is 0 Å². The van der Waals surface area contributed by atoms with Crippen LogP contribution in [0.15, 0.2) is 79.5 Å². The van der Waals surface area contributed by atoms with Gasteiger partial charge in [0, 0.05) is 37.1 Å². The van der Waals surface area contributed by atoms with Crippen molar-refractivity contribution < 1.29 is 14.2 Å². The van der Waals surface area contributed by atoms with E-state index in [1.807, 2.05) is 66.2 Å². The van der Waals surface area contributed by atoms with Gasteiger partial charge in [-0.1, -0.05) is 42.5 Å². The number of halogens is 1. The maximum absolute atomic E-state index is 14.0. The Balaban J connectivity index is 1.60. The number of hydrogen-bond donors (Lipinski definition) is 1. The number of aryl methyl sites for hydroxylation is 1. The minimum Gasteiger partial charge on any atom is -0.491 e. The van der Waals surface area contributed by atoms with Crippen LogP contribution in [0.5, 0.6) is 5.75 Å². The fourth-order valence-electron chi connectivity index (χ4n) is 3.43. The molecule has 0 aliphatic rings. The summed E-state index contributed by atoms with van der Waals surface area (Å²) in [6, 6.07) is 18.6. The van der Waals surface area contributed by atoms with Gasteiger partial charge in [-0.2, -0.15) is 0 Å². The third kappa shape index (κ3) is 6.05. The molecule has 0 amide bonds. The van der Waals surface area contributed by atoms with Crippen molar-refractivity contribution in [2.45, 2.75) is 26.1 Å². The van der Waals surface area contributed by atoms with Gasteiger partial charge < -0.3 is 14.4 Å². The first-order valence-corrected chi connectivity index (χ1v) is 10.1. The first kappa shape index (κ1) is 21.8. The molecule has 1 unspecified atom stereocenters. The second-order valence-corrected chi connectivity index (χ2v) is 7.43. The maximum Gasteiger partial charge on any atom is 0.128 e. The largest absolute Gasteiger partial charge is 0.491 e. The lowest BCUT2D eigenvalue weighted by Crippen LogP contribution is -2.36. The topological polar surface area (TPSA) is 37.6 Å². The van der Waals surface area contributed by atoms with Crippen LogP contribution in [-0.2, 0) is 13.1 Å². The average Bonchev–Trinajstić information content (AvgIpc) is 3.16. The molecule has 1 N–H and O–H groups in total. The summed E-state index contributed by atoms with van der Waals surface area (Å²) in [6.07, 6.45) is 3.13. The number of nitrogens with zero attached hydrogens (tertiary/aromatic N) is 2. The van der Waals surface area contributed by atoms with Gasteiger partial charge in [0.15, 0.2) is 0 Å². The van der Waals surface area contributed by atoms with Crippen LogP contribution in [-0.4, -0.2) is 40.4 Å². The van der Waals surface area contributed by atoms with Crippen LogP contribution >= 0.6 is 0 Å². The minimum atomic E-state index is -0.639. The first-order chi connectivity index (χ1) is 14.6. The summed E-state index contributed by atoms with van der Waals surface area (Å²) >= 11 is 0. The van der Waals surface area contributed by atoms with E-state index in [-0.39, 0.29) is 12.4 Å². The van der Waals surface area contributed by atoms with E-state index in [9.17, 15) is 9.50 Å². The van der Waals surface area contributed by atoms with Crippen molar-refractivity contribution in [3.05, 3.63) is 102 Å². The van der Waals surface area contributed by atoms with Gasteiger partial charge in [0.1, 0.15) is 24.3 Å². The van der Waals surface area contributed by atoms with Crippen molar-refractivity contribution in [2.24, 2.45) is 0 Å². The van der Waals surface area contributed by atoms with Crippen LogP contribution in [0.3, 0.4) is 0 Å². The standard InChI is InChI=1S/C25H29FN2O2/c1-3-14-27(18-23(29)19-30-25-13-7-4-9-20(25)2)17-22-11-8-15-28(22)16-21-10-5-6-12-24(21)26/h3-13,15,23,29H,1,14,16-19H2,2H3. The highest BCUT2D eigenvalue weighted by atomic mass is 19.1. The number of para-hydroxylation sites is 1. The van der Waals surface area contributed by atoms with Crippen LogP contribution in [0, 0.1) is 12.7 Å². The molecule has 1 atom stereocenters. The summed E-state index contributed by atoms with van der Waals surface area (Å²) in [5, 5.41) is 10.5. The summed E-state index contributed by atoms with van der Waals surface area (Å²) in [4.78, 5) is 2.10. The molecule has 4 nitrogen and oxygen atoms in total. The zero-order valence-corrected chi connectivity index (χ0v) is 17.4. The Morgan fingerprint density at radius 1 is 1.13 bits per heavy atom. The Bertz CT molecular complexity index is 954. The van der Waals surface area contributed by atoms with Crippen molar-refractivity contribution in [3.63, 3.8) is 0 Å². The van der Waals surface area contributed by atoms with E-state index in [0.717, 1.165) is 17.0 Å². The summed E-state index contributed by atoms with van der Waals surface area (Å²) in [5.41, 5.74) is 2.74. The smallest absolute Gasteiger partial charge is 0.128 e. The normalized spacial score (nSPS) is 12.1. The highest BCUT2D eigenvalue weighted by Crippen LogP contribution is 2.17. The molecule has 1 aromatic heterocycles. The van der Waals surface area contributed by atoms with E-state index in [1.54, 1.807) is 12.1 Å². The lowest BCUT2D eigenvalue weighted by molar-refractivity contribution is 0.0687. The van der Waals surface area contributed by atoms with Gasteiger partial charge >= 0.3 is 0 Å². The molecule has 1 heterocycles. The maximum atomic E-state index is 14.0. The third-order valence-corrected chi connectivity index (χ3v) is 4.99. The molecular weight excluding hydrogens is 379 g/mol. The molecule has 30 heavy (non-hydrogen) atoms. The molecule has 0 aliphatic carbocycles. The van der Waals surface area contributed by atoms with Crippen LogP contribution in [0.25, 0.3) is 0 Å². The Kier molecular flexibility index (Phi) is 7.82. The number of aliphatic hydroxyl groups is 1. The van der Waals surface area contributed by atoms with E-state index in [1.165, 1.54) is 6.07 Å². The molecule has 2 aromatic carbocycles. The molecule has 0 radical (unpaired) electrons. The van der Waals surface area contributed by atoms with E-state index in [4.69, 9.17) is 4.74 Å². The van der Waals surface area contributed by atoms with Crippen LogP contribution in [0.2, 0.25) is 0 Å². The molecule has 0 bridgehead atoms. The van der Waals surface area contributed by atoms with E-state index in [0.29, 0.717) is 31.7 Å². The lowest BCUT2D eigenvalue weighted by Gasteiger charge is -2.25. The first-order valence-electron chi connectivity index (χ1n) is 10.1. The average molecular weight is 409 g/mol. The second kappa shape index (κ2) is 10.8. The Morgan fingerprint density at radius 2 is 1.90 bits per heavy atom. The van der Waals surface area contributed by atoms with Crippen LogP contribution in [0.4, 0.5) is 4.39 Å². The minimum absolute atomic E-state index is 0.205. The fraction of sp³-hybridized carbons (Fsp3) is 0.280. The van der Waals surface area contributed by atoms with E-state index < -0.39 is 6.10 Å². The monoisotopic (exact) mass is 408 g/mol. The van der Waals surface area contributed by atoms with Crippen LogP contribution in [0.1, 0.15) is 16.8 Å². The Morgan fingerprint density at radius 3 is 2.67 bits per heavy atom. The number of benzene rings is 2. The quantitative estimate of drug-likeness (QED) is 0.478. The van der Waals surface area contributed by atoms with Gasteiger partial charge in [-0.25, -0.2) is 4.39 Å².